The topological polar surface area (TPSA) is 54.0 Å². The van der Waals surface area contributed by atoms with E-state index in [-0.39, 0.29) is 17.6 Å². The Labute approximate surface area is 108 Å². The number of amides is 1. The molecular weight excluding hydrogens is 259 g/mol. The van der Waals surface area contributed by atoms with E-state index in [9.17, 15) is 18.0 Å². The fraction of sp³-hybridized carbons (Fsp3) is 0.500. The number of rotatable bonds is 2. The molecule has 1 aliphatic rings. The van der Waals surface area contributed by atoms with Gasteiger partial charge in [0.1, 0.15) is 5.82 Å². The standard InChI is InChI=1S/C12H14F3N3O/c13-12(14,15)9-3-4-10(17-7-9)18-11(19)8-2-1-5-16-6-8/h3-4,7-8,16H,1-2,5-6H2,(H,17,18,19)/t8-/m1/s1. The first-order valence-corrected chi connectivity index (χ1v) is 6.01. The van der Waals surface area contributed by atoms with Crippen LogP contribution in [-0.2, 0) is 11.0 Å². The Bertz CT molecular complexity index is 439. The molecule has 0 aliphatic carbocycles. The molecule has 0 radical (unpaired) electrons. The maximum Gasteiger partial charge on any atom is 0.417 e. The minimum atomic E-state index is -4.41. The second-order valence-corrected chi connectivity index (χ2v) is 4.46. The van der Waals surface area contributed by atoms with Crippen LogP contribution in [0.2, 0.25) is 0 Å². The first-order valence-electron chi connectivity index (χ1n) is 6.01. The molecule has 2 N–H and O–H groups in total. The molecule has 1 aromatic rings. The number of nitrogens with one attached hydrogen (secondary N) is 2. The summed E-state index contributed by atoms with van der Waals surface area (Å²) in [6, 6.07) is 2.07. The van der Waals surface area contributed by atoms with Crippen molar-refractivity contribution in [1.29, 1.82) is 0 Å². The zero-order chi connectivity index (χ0) is 13.9. The van der Waals surface area contributed by atoms with E-state index < -0.39 is 11.7 Å². The highest BCUT2D eigenvalue weighted by Gasteiger charge is 2.30. The van der Waals surface area contributed by atoms with Crippen LogP contribution in [-0.4, -0.2) is 24.0 Å². The van der Waals surface area contributed by atoms with Gasteiger partial charge in [-0.05, 0) is 31.5 Å². The van der Waals surface area contributed by atoms with E-state index in [1.165, 1.54) is 0 Å². The van der Waals surface area contributed by atoms with Crippen molar-refractivity contribution in [3.8, 4) is 0 Å². The first-order chi connectivity index (χ1) is 8.97. The molecule has 0 unspecified atom stereocenters. The van der Waals surface area contributed by atoms with Crippen LogP contribution in [0.5, 0.6) is 0 Å². The van der Waals surface area contributed by atoms with Gasteiger partial charge < -0.3 is 10.6 Å². The van der Waals surface area contributed by atoms with Gasteiger partial charge in [-0.2, -0.15) is 13.2 Å². The molecule has 1 fully saturated rings. The van der Waals surface area contributed by atoms with Gasteiger partial charge >= 0.3 is 6.18 Å². The summed E-state index contributed by atoms with van der Waals surface area (Å²) >= 11 is 0. The first kappa shape index (κ1) is 13.8. The van der Waals surface area contributed by atoms with Crippen LogP contribution in [0.4, 0.5) is 19.0 Å². The molecule has 7 heteroatoms. The van der Waals surface area contributed by atoms with E-state index in [1.807, 2.05) is 0 Å². The summed E-state index contributed by atoms with van der Waals surface area (Å²) in [5.41, 5.74) is -0.829. The molecule has 2 rings (SSSR count). The number of hydrogen-bond donors (Lipinski definition) is 2. The SMILES string of the molecule is O=C(Nc1ccc(C(F)(F)F)cn1)[C@@H]1CCCNC1. The third-order valence-corrected chi connectivity index (χ3v) is 3.01. The second-order valence-electron chi connectivity index (χ2n) is 4.46. The van der Waals surface area contributed by atoms with Crippen molar-refractivity contribution < 1.29 is 18.0 Å². The van der Waals surface area contributed by atoms with E-state index in [4.69, 9.17) is 0 Å². The van der Waals surface area contributed by atoms with Crippen molar-refractivity contribution in [2.75, 3.05) is 18.4 Å². The van der Waals surface area contributed by atoms with E-state index in [0.717, 1.165) is 31.5 Å². The molecule has 19 heavy (non-hydrogen) atoms. The number of anilines is 1. The number of nitrogens with zero attached hydrogens (tertiary/aromatic N) is 1. The molecule has 1 aliphatic heterocycles. The largest absolute Gasteiger partial charge is 0.417 e. The quantitative estimate of drug-likeness (QED) is 0.867. The lowest BCUT2D eigenvalue weighted by atomic mass is 9.99. The van der Waals surface area contributed by atoms with Crippen molar-refractivity contribution in [2.24, 2.45) is 5.92 Å². The highest BCUT2D eigenvalue weighted by molar-refractivity contribution is 5.91. The van der Waals surface area contributed by atoms with Gasteiger partial charge in [0.05, 0.1) is 11.5 Å². The molecule has 2 heterocycles. The Morgan fingerprint density at radius 1 is 1.42 bits per heavy atom. The number of alkyl halides is 3. The number of aromatic nitrogens is 1. The van der Waals surface area contributed by atoms with Gasteiger partial charge in [0.15, 0.2) is 0 Å². The van der Waals surface area contributed by atoms with Crippen molar-refractivity contribution in [1.82, 2.24) is 10.3 Å². The van der Waals surface area contributed by atoms with Crippen LogP contribution < -0.4 is 10.6 Å². The highest BCUT2D eigenvalue weighted by atomic mass is 19.4. The Balaban J connectivity index is 1.97. The number of pyridine rings is 1. The Morgan fingerprint density at radius 3 is 2.74 bits per heavy atom. The maximum atomic E-state index is 12.3. The van der Waals surface area contributed by atoms with Gasteiger partial charge in [-0.1, -0.05) is 0 Å². The number of carbonyl (C=O) groups is 1. The molecular formula is C12H14F3N3O. The maximum absolute atomic E-state index is 12.3. The normalized spacial score (nSPS) is 20.1. The lowest BCUT2D eigenvalue weighted by molar-refractivity contribution is -0.137. The van der Waals surface area contributed by atoms with Crippen LogP contribution >= 0.6 is 0 Å². The van der Waals surface area contributed by atoms with Crippen LogP contribution in [0.1, 0.15) is 18.4 Å². The average Bonchev–Trinajstić information content (AvgIpc) is 2.39. The lowest BCUT2D eigenvalue weighted by Gasteiger charge is -2.21. The number of piperidine rings is 1. The molecule has 1 amide bonds. The van der Waals surface area contributed by atoms with Crippen molar-refractivity contribution in [3.05, 3.63) is 23.9 Å². The van der Waals surface area contributed by atoms with E-state index >= 15 is 0 Å². The van der Waals surface area contributed by atoms with Crippen molar-refractivity contribution in [3.63, 3.8) is 0 Å². The van der Waals surface area contributed by atoms with Gasteiger partial charge in [0.2, 0.25) is 5.91 Å². The predicted octanol–water partition coefficient (Wildman–Crippen LogP) is 2.04. The zero-order valence-electron chi connectivity index (χ0n) is 10.1. The molecule has 0 saturated carbocycles. The molecule has 1 atom stereocenters. The minimum absolute atomic E-state index is 0.142. The van der Waals surface area contributed by atoms with Crippen LogP contribution in [0.15, 0.2) is 18.3 Å². The van der Waals surface area contributed by atoms with Gasteiger partial charge in [-0.25, -0.2) is 4.98 Å². The summed E-state index contributed by atoms with van der Waals surface area (Å²) in [5.74, 6) is -0.221. The summed E-state index contributed by atoms with van der Waals surface area (Å²) in [5, 5.41) is 5.63. The van der Waals surface area contributed by atoms with Gasteiger partial charge in [0.25, 0.3) is 0 Å². The van der Waals surface area contributed by atoms with Gasteiger partial charge in [-0.15, -0.1) is 0 Å². The second kappa shape index (κ2) is 5.56. The summed E-state index contributed by atoms with van der Waals surface area (Å²) in [4.78, 5) is 15.4. The monoisotopic (exact) mass is 273 g/mol. The number of hydrogen-bond acceptors (Lipinski definition) is 3. The Kier molecular flexibility index (Phi) is 4.04. The molecule has 104 valence electrons. The van der Waals surface area contributed by atoms with Crippen LogP contribution in [0.3, 0.4) is 0 Å². The fourth-order valence-corrected chi connectivity index (χ4v) is 1.94. The molecule has 4 nitrogen and oxygen atoms in total. The summed E-state index contributed by atoms with van der Waals surface area (Å²) in [6.45, 7) is 1.48. The number of carbonyl (C=O) groups excluding carboxylic acids is 1. The molecule has 1 aromatic heterocycles. The summed E-state index contributed by atoms with van der Waals surface area (Å²) in [7, 11) is 0. The minimum Gasteiger partial charge on any atom is -0.316 e. The van der Waals surface area contributed by atoms with Crippen molar-refractivity contribution >= 4 is 11.7 Å². The summed E-state index contributed by atoms with van der Waals surface area (Å²) in [6.07, 6.45) is -2.00. The average molecular weight is 273 g/mol. The van der Waals surface area contributed by atoms with E-state index in [1.54, 1.807) is 0 Å². The van der Waals surface area contributed by atoms with Crippen LogP contribution in [0.25, 0.3) is 0 Å². The van der Waals surface area contributed by atoms with Gasteiger partial charge in [-0.3, -0.25) is 4.79 Å². The zero-order valence-corrected chi connectivity index (χ0v) is 10.1. The van der Waals surface area contributed by atoms with Gasteiger partial charge in [0, 0.05) is 12.7 Å². The smallest absolute Gasteiger partial charge is 0.316 e. The van der Waals surface area contributed by atoms with Crippen molar-refractivity contribution in [2.45, 2.75) is 19.0 Å². The Hall–Kier alpha value is -1.63. The molecule has 0 aromatic carbocycles. The predicted molar refractivity (Wildman–Crippen MR) is 63.5 cm³/mol. The van der Waals surface area contributed by atoms with E-state index in [0.29, 0.717) is 12.7 Å². The number of halogens is 3. The lowest BCUT2D eigenvalue weighted by Crippen LogP contribution is -2.37. The molecule has 1 saturated heterocycles. The molecule has 0 bridgehead atoms. The third-order valence-electron chi connectivity index (χ3n) is 3.01. The van der Waals surface area contributed by atoms with E-state index in [2.05, 4.69) is 15.6 Å². The third kappa shape index (κ3) is 3.66. The van der Waals surface area contributed by atoms with Crippen LogP contribution in [0, 0.1) is 5.92 Å². The molecule has 0 spiro atoms. The fourth-order valence-electron chi connectivity index (χ4n) is 1.94. The highest BCUT2D eigenvalue weighted by Crippen LogP contribution is 2.28. The summed E-state index contributed by atoms with van der Waals surface area (Å²) < 4.78 is 37.0. The Morgan fingerprint density at radius 2 is 2.21 bits per heavy atom.